The van der Waals surface area contributed by atoms with Crippen molar-refractivity contribution < 1.29 is 8.42 Å². The van der Waals surface area contributed by atoms with Crippen LogP contribution in [-0.4, -0.2) is 42.4 Å². The van der Waals surface area contributed by atoms with Crippen molar-refractivity contribution in [3.05, 3.63) is 65.7 Å². The molecule has 1 aliphatic rings. The zero-order valence-corrected chi connectivity index (χ0v) is 17.7. The Morgan fingerprint density at radius 3 is 2.68 bits per heavy atom. The Balaban J connectivity index is 1.53. The molecule has 0 unspecified atom stereocenters. The van der Waals surface area contributed by atoms with Crippen molar-refractivity contribution >= 4 is 43.0 Å². The summed E-state index contributed by atoms with van der Waals surface area (Å²) < 4.78 is 24.7. The second-order valence-electron chi connectivity index (χ2n) is 7.08. The molecule has 0 bridgehead atoms. The Kier molecular flexibility index (Phi) is 5.56. The van der Waals surface area contributed by atoms with E-state index in [0.29, 0.717) is 19.5 Å². The van der Waals surface area contributed by atoms with E-state index in [4.69, 9.17) is 11.6 Å². The fraction of sp³-hybridized carbons (Fsp3) is 0.286. The second-order valence-corrected chi connectivity index (χ2v) is 10.7. The molecule has 4 nitrogen and oxygen atoms in total. The number of fused-ring (bicyclic) bond motifs is 1. The summed E-state index contributed by atoms with van der Waals surface area (Å²) in [7, 11) is -2.90. The van der Waals surface area contributed by atoms with E-state index in [1.54, 1.807) is 11.3 Å². The highest BCUT2D eigenvalue weighted by Crippen LogP contribution is 2.34. The Hall–Kier alpha value is -1.73. The minimum absolute atomic E-state index is 0.0640. The number of sulfone groups is 1. The van der Waals surface area contributed by atoms with Gasteiger partial charge in [-0.3, -0.25) is 4.90 Å². The van der Waals surface area contributed by atoms with Crippen LogP contribution in [0, 0.1) is 0 Å². The third kappa shape index (κ3) is 4.15. The van der Waals surface area contributed by atoms with Crippen LogP contribution in [0.1, 0.15) is 12.0 Å². The molecule has 0 aliphatic carbocycles. The molecule has 1 saturated heterocycles. The highest BCUT2D eigenvalue weighted by Gasteiger charge is 2.31. The van der Waals surface area contributed by atoms with Gasteiger partial charge in [-0.15, -0.1) is 17.9 Å². The Bertz CT molecular complexity index is 1110. The van der Waals surface area contributed by atoms with Crippen molar-refractivity contribution in [1.82, 2.24) is 9.88 Å². The normalized spacial score (nSPS) is 18.7. The van der Waals surface area contributed by atoms with Crippen molar-refractivity contribution in [1.29, 1.82) is 0 Å². The Labute approximate surface area is 174 Å². The number of halogens is 1. The van der Waals surface area contributed by atoms with Crippen molar-refractivity contribution in [2.75, 3.05) is 18.1 Å². The molecule has 0 spiro atoms. The highest BCUT2D eigenvalue weighted by molar-refractivity contribution is 7.91. The van der Waals surface area contributed by atoms with Crippen LogP contribution in [0.25, 0.3) is 20.8 Å². The number of thiazole rings is 1. The third-order valence-electron chi connectivity index (χ3n) is 5.04. The lowest BCUT2D eigenvalue weighted by molar-refractivity contribution is 0.227. The summed E-state index contributed by atoms with van der Waals surface area (Å²) in [5.74, 6) is 0.524. The third-order valence-corrected chi connectivity index (χ3v) is 8.37. The summed E-state index contributed by atoms with van der Waals surface area (Å²) in [5, 5.41) is 1.67. The highest BCUT2D eigenvalue weighted by atomic mass is 35.5. The molecule has 0 amide bonds. The first-order valence-corrected chi connectivity index (χ1v) is 12.2. The van der Waals surface area contributed by atoms with Gasteiger partial charge in [0.2, 0.25) is 0 Å². The molecule has 28 heavy (non-hydrogen) atoms. The second kappa shape index (κ2) is 7.95. The largest absolute Gasteiger partial charge is 0.291 e. The maximum atomic E-state index is 11.8. The van der Waals surface area contributed by atoms with E-state index < -0.39 is 9.84 Å². The molecule has 2 heterocycles. The predicted octanol–water partition coefficient (Wildman–Crippen LogP) is 4.79. The zero-order chi connectivity index (χ0) is 19.7. The fourth-order valence-electron chi connectivity index (χ4n) is 3.60. The van der Waals surface area contributed by atoms with Crippen molar-refractivity contribution in [3.63, 3.8) is 0 Å². The van der Waals surface area contributed by atoms with Crippen LogP contribution < -0.4 is 0 Å². The average Bonchev–Trinajstić information content (AvgIpc) is 3.26. The van der Waals surface area contributed by atoms with Crippen molar-refractivity contribution in [2.24, 2.45) is 0 Å². The molecule has 1 aliphatic heterocycles. The quantitative estimate of drug-likeness (QED) is 0.525. The van der Waals surface area contributed by atoms with Gasteiger partial charge in [-0.25, -0.2) is 13.4 Å². The maximum Gasteiger partial charge on any atom is 0.151 e. The molecular weight excluding hydrogens is 412 g/mol. The lowest BCUT2D eigenvalue weighted by Gasteiger charge is -2.26. The van der Waals surface area contributed by atoms with Gasteiger partial charge in [-0.2, -0.15) is 0 Å². The number of benzene rings is 2. The topological polar surface area (TPSA) is 50.3 Å². The van der Waals surface area contributed by atoms with Gasteiger partial charge in [0.1, 0.15) is 5.01 Å². The van der Waals surface area contributed by atoms with E-state index in [0.717, 1.165) is 31.4 Å². The van der Waals surface area contributed by atoms with Gasteiger partial charge in [0.15, 0.2) is 9.84 Å². The first-order chi connectivity index (χ1) is 13.4. The van der Waals surface area contributed by atoms with Gasteiger partial charge >= 0.3 is 0 Å². The lowest BCUT2D eigenvalue weighted by Crippen LogP contribution is -2.35. The molecule has 0 N–H and O–H groups in total. The number of hydrogen-bond donors (Lipinski definition) is 0. The summed E-state index contributed by atoms with van der Waals surface area (Å²) >= 11 is 7.86. The van der Waals surface area contributed by atoms with Crippen LogP contribution in [-0.2, 0) is 16.4 Å². The van der Waals surface area contributed by atoms with Crippen LogP contribution in [0.15, 0.2) is 55.1 Å². The van der Waals surface area contributed by atoms with Crippen LogP contribution in [0.4, 0.5) is 0 Å². The summed E-state index contributed by atoms with van der Waals surface area (Å²) in [6.45, 7) is 5.21. The smallest absolute Gasteiger partial charge is 0.151 e. The standard InChI is InChI=1S/C21H21ClN2O2S2/c1-2-11-24(17-10-12-28(25,26)14-17)13-15-6-8-16(9-7-15)21-23-19-5-3-4-18(22)20(19)27-21/h2-9,17H,1,10-14H2/t17-/m0/s1. The number of hydrogen-bond acceptors (Lipinski definition) is 5. The summed E-state index contributed by atoms with van der Waals surface area (Å²) in [4.78, 5) is 6.88. The van der Waals surface area contributed by atoms with Crippen molar-refractivity contribution in [3.8, 4) is 10.6 Å². The molecule has 4 rings (SSSR count). The summed E-state index contributed by atoms with van der Waals surface area (Å²) in [6.07, 6.45) is 2.53. The molecule has 0 saturated carbocycles. The first-order valence-electron chi connectivity index (χ1n) is 9.15. The van der Waals surface area contributed by atoms with Gasteiger partial charge in [-0.05, 0) is 24.1 Å². The molecule has 1 aromatic heterocycles. The summed E-state index contributed by atoms with van der Waals surface area (Å²) in [6, 6.07) is 14.1. The Morgan fingerprint density at radius 2 is 2.04 bits per heavy atom. The molecule has 3 aromatic rings. The zero-order valence-electron chi connectivity index (χ0n) is 15.3. The van der Waals surface area contributed by atoms with E-state index in [1.165, 1.54) is 0 Å². The lowest BCUT2D eigenvalue weighted by atomic mass is 10.1. The van der Waals surface area contributed by atoms with Gasteiger partial charge < -0.3 is 0 Å². The van der Waals surface area contributed by atoms with Gasteiger partial charge in [0.05, 0.1) is 26.7 Å². The molecular formula is C21H21ClN2O2S2. The fourth-order valence-corrected chi connectivity index (χ4v) is 6.62. The molecule has 1 fully saturated rings. The Morgan fingerprint density at radius 1 is 1.25 bits per heavy atom. The summed E-state index contributed by atoms with van der Waals surface area (Å²) in [5.41, 5.74) is 3.12. The minimum atomic E-state index is -2.90. The predicted molar refractivity (Wildman–Crippen MR) is 118 cm³/mol. The first kappa shape index (κ1) is 19.6. The van der Waals surface area contributed by atoms with Crippen LogP contribution in [0.2, 0.25) is 5.02 Å². The molecule has 7 heteroatoms. The van der Waals surface area contributed by atoms with Crippen molar-refractivity contribution in [2.45, 2.75) is 19.0 Å². The van der Waals surface area contributed by atoms with Crippen LogP contribution in [0.3, 0.4) is 0 Å². The average molecular weight is 433 g/mol. The number of rotatable bonds is 6. The van der Waals surface area contributed by atoms with E-state index in [1.807, 2.05) is 24.3 Å². The molecule has 0 radical (unpaired) electrons. The monoisotopic (exact) mass is 432 g/mol. The SMILES string of the molecule is C=CCN(Cc1ccc(-c2nc3cccc(Cl)c3s2)cc1)[C@H]1CCS(=O)(=O)C1. The van der Waals surface area contributed by atoms with Gasteiger partial charge in [0, 0.05) is 24.7 Å². The van der Waals surface area contributed by atoms with E-state index in [-0.39, 0.29) is 17.5 Å². The van der Waals surface area contributed by atoms with E-state index in [2.05, 4.69) is 40.7 Å². The van der Waals surface area contributed by atoms with Crippen LogP contribution in [0.5, 0.6) is 0 Å². The molecule has 146 valence electrons. The maximum absolute atomic E-state index is 11.8. The van der Waals surface area contributed by atoms with E-state index in [9.17, 15) is 8.42 Å². The molecule has 1 atom stereocenters. The number of aromatic nitrogens is 1. The number of nitrogens with zero attached hydrogens (tertiary/aromatic N) is 2. The molecule has 2 aromatic carbocycles. The van der Waals surface area contributed by atoms with E-state index >= 15 is 0 Å². The van der Waals surface area contributed by atoms with Crippen LogP contribution >= 0.6 is 22.9 Å². The van der Waals surface area contributed by atoms with Gasteiger partial charge in [0.25, 0.3) is 0 Å². The van der Waals surface area contributed by atoms with Gasteiger partial charge in [-0.1, -0.05) is 48.0 Å². The minimum Gasteiger partial charge on any atom is -0.291 e.